The van der Waals surface area contributed by atoms with Crippen LogP contribution in [0.15, 0.2) is 18.2 Å². The maximum Gasteiger partial charge on any atom is 0.123 e. The second-order valence-electron chi connectivity index (χ2n) is 5.74. The Morgan fingerprint density at radius 2 is 2.10 bits per heavy atom. The average Bonchev–Trinajstić information content (AvgIpc) is 2.81. The Hall–Kier alpha value is -1.06. The van der Waals surface area contributed by atoms with Crippen molar-refractivity contribution in [2.24, 2.45) is 0 Å². The number of hydrogen-bond acceptors (Lipinski definition) is 3. The molecule has 1 unspecified atom stereocenters. The van der Waals surface area contributed by atoms with Crippen molar-refractivity contribution >= 4 is 0 Å². The summed E-state index contributed by atoms with van der Waals surface area (Å²) in [7, 11) is 0. The summed E-state index contributed by atoms with van der Waals surface area (Å²) in [6, 6.07) is 6.95. The zero-order valence-electron chi connectivity index (χ0n) is 12.9. The van der Waals surface area contributed by atoms with Crippen molar-refractivity contribution in [3.63, 3.8) is 0 Å². The van der Waals surface area contributed by atoms with Crippen molar-refractivity contribution in [1.82, 2.24) is 4.90 Å². The van der Waals surface area contributed by atoms with E-state index in [4.69, 9.17) is 4.74 Å². The molecule has 0 amide bonds. The van der Waals surface area contributed by atoms with Gasteiger partial charge in [-0.3, -0.25) is 4.90 Å². The van der Waals surface area contributed by atoms with E-state index in [1.807, 2.05) is 0 Å². The number of ether oxygens (including phenoxy) is 1. The third-order valence-electron chi connectivity index (χ3n) is 4.24. The number of fused-ring (bicyclic) bond motifs is 1. The fourth-order valence-electron chi connectivity index (χ4n) is 3.17. The van der Waals surface area contributed by atoms with Crippen LogP contribution in [0.3, 0.4) is 0 Å². The molecule has 0 saturated heterocycles. The van der Waals surface area contributed by atoms with Crippen LogP contribution < -0.4 is 4.74 Å². The minimum Gasteiger partial charge on any atom is -0.488 e. The van der Waals surface area contributed by atoms with E-state index in [2.05, 4.69) is 43.9 Å². The van der Waals surface area contributed by atoms with E-state index >= 15 is 0 Å². The van der Waals surface area contributed by atoms with Crippen LogP contribution in [0.1, 0.15) is 37.8 Å². The molecule has 0 radical (unpaired) electrons. The molecule has 1 N–H and O–H groups in total. The Labute approximate surface area is 122 Å². The Morgan fingerprint density at radius 3 is 2.75 bits per heavy atom. The van der Waals surface area contributed by atoms with Crippen molar-refractivity contribution < 1.29 is 9.84 Å². The number of hydrogen-bond donors (Lipinski definition) is 1. The summed E-state index contributed by atoms with van der Waals surface area (Å²) < 4.78 is 6.05. The second kappa shape index (κ2) is 7.09. The summed E-state index contributed by atoms with van der Waals surface area (Å²) >= 11 is 0. The number of rotatable bonds is 7. The SMILES string of the molecule is CCC(CC)N(CCO)CC1Cc2cc(C)ccc2O1. The standard InChI is InChI=1S/C17H27NO2/c1-4-15(5-2)18(8-9-19)12-16-11-14-10-13(3)6-7-17(14)20-16/h6-7,10,15-16,19H,4-5,8-9,11-12H2,1-3H3. The number of benzene rings is 1. The summed E-state index contributed by atoms with van der Waals surface area (Å²) in [5, 5.41) is 9.28. The van der Waals surface area contributed by atoms with Crippen LogP contribution in [-0.4, -0.2) is 41.8 Å². The lowest BCUT2D eigenvalue weighted by molar-refractivity contribution is 0.0921. The van der Waals surface area contributed by atoms with Gasteiger partial charge in [-0.25, -0.2) is 0 Å². The lowest BCUT2D eigenvalue weighted by Gasteiger charge is -2.31. The molecule has 20 heavy (non-hydrogen) atoms. The predicted molar refractivity (Wildman–Crippen MR) is 82.3 cm³/mol. The highest BCUT2D eigenvalue weighted by Gasteiger charge is 2.26. The molecular formula is C17H27NO2. The van der Waals surface area contributed by atoms with Crippen LogP contribution in [-0.2, 0) is 6.42 Å². The van der Waals surface area contributed by atoms with E-state index in [0.29, 0.717) is 6.04 Å². The van der Waals surface area contributed by atoms with Gasteiger partial charge in [0.05, 0.1) is 6.61 Å². The molecule has 3 nitrogen and oxygen atoms in total. The molecule has 0 fully saturated rings. The average molecular weight is 277 g/mol. The summed E-state index contributed by atoms with van der Waals surface area (Å²) in [4.78, 5) is 2.38. The molecule has 2 rings (SSSR count). The molecule has 0 bridgehead atoms. The summed E-state index contributed by atoms with van der Waals surface area (Å²) in [5.41, 5.74) is 2.61. The number of aliphatic hydroxyl groups is 1. The molecule has 0 aliphatic carbocycles. The molecular weight excluding hydrogens is 250 g/mol. The van der Waals surface area contributed by atoms with Gasteiger partial charge in [0, 0.05) is 25.6 Å². The quantitative estimate of drug-likeness (QED) is 0.832. The first-order chi connectivity index (χ1) is 9.67. The second-order valence-corrected chi connectivity index (χ2v) is 5.74. The van der Waals surface area contributed by atoms with Crippen LogP contribution in [0.4, 0.5) is 0 Å². The Morgan fingerprint density at radius 1 is 1.35 bits per heavy atom. The molecule has 1 aromatic rings. The van der Waals surface area contributed by atoms with Gasteiger partial charge < -0.3 is 9.84 Å². The van der Waals surface area contributed by atoms with Crippen molar-refractivity contribution in [2.45, 2.75) is 52.2 Å². The van der Waals surface area contributed by atoms with Crippen LogP contribution in [0.2, 0.25) is 0 Å². The van der Waals surface area contributed by atoms with Crippen LogP contribution >= 0.6 is 0 Å². The van der Waals surface area contributed by atoms with E-state index in [0.717, 1.165) is 38.1 Å². The first kappa shape index (κ1) is 15.3. The Bertz CT molecular complexity index is 429. The van der Waals surface area contributed by atoms with Gasteiger partial charge in [0.2, 0.25) is 0 Å². The minimum absolute atomic E-state index is 0.218. The van der Waals surface area contributed by atoms with Gasteiger partial charge in [-0.15, -0.1) is 0 Å². The number of nitrogens with zero attached hydrogens (tertiary/aromatic N) is 1. The monoisotopic (exact) mass is 277 g/mol. The van der Waals surface area contributed by atoms with E-state index in [-0.39, 0.29) is 12.7 Å². The fraction of sp³-hybridized carbons (Fsp3) is 0.647. The molecule has 1 atom stereocenters. The summed E-state index contributed by atoms with van der Waals surface area (Å²) in [5.74, 6) is 1.04. The molecule has 3 heteroatoms. The fourth-order valence-corrected chi connectivity index (χ4v) is 3.17. The maximum absolute atomic E-state index is 9.28. The molecule has 1 aliphatic heterocycles. The molecule has 0 spiro atoms. The van der Waals surface area contributed by atoms with Gasteiger partial charge in [-0.1, -0.05) is 31.5 Å². The van der Waals surface area contributed by atoms with Crippen molar-refractivity contribution in [1.29, 1.82) is 0 Å². The summed E-state index contributed by atoms with van der Waals surface area (Å²) in [6.07, 6.45) is 3.45. The van der Waals surface area contributed by atoms with Crippen molar-refractivity contribution in [3.8, 4) is 5.75 Å². The van der Waals surface area contributed by atoms with E-state index < -0.39 is 0 Å². The molecule has 1 aromatic carbocycles. The molecule has 0 saturated carbocycles. The zero-order valence-corrected chi connectivity index (χ0v) is 12.9. The minimum atomic E-state index is 0.218. The zero-order chi connectivity index (χ0) is 14.5. The highest BCUT2D eigenvalue weighted by atomic mass is 16.5. The third-order valence-corrected chi connectivity index (χ3v) is 4.24. The van der Waals surface area contributed by atoms with Crippen LogP contribution in [0.5, 0.6) is 5.75 Å². The van der Waals surface area contributed by atoms with Crippen LogP contribution in [0.25, 0.3) is 0 Å². The number of aryl methyl sites for hydroxylation is 1. The normalized spacial score (nSPS) is 17.6. The van der Waals surface area contributed by atoms with Gasteiger partial charge in [-0.2, -0.15) is 0 Å². The largest absolute Gasteiger partial charge is 0.488 e. The first-order valence-corrected chi connectivity index (χ1v) is 7.79. The lowest BCUT2D eigenvalue weighted by Crippen LogP contribution is -2.43. The van der Waals surface area contributed by atoms with Gasteiger partial charge in [-0.05, 0) is 31.4 Å². The lowest BCUT2D eigenvalue weighted by atomic mass is 10.1. The highest BCUT2D eigenvalue weighted by Crippen LogP contribution is 2.30. The first-order valence-electron chi connectivity index (χ1n) is 7.79. The van der Waals surface area contributed by atoms with Gasteiger partial charge in [0.25, 0.3) is 0 Å². The van der Waals surface area contributed by atoms with Crippen LogP contribution in [0, 0.1) is 6.92 Å². The van der Waals surface area contributed by atoms with Crippen molar-refractivity contribution in [3.05, 3.63) is 29.3 Å². The van der Waals surface area contributed by atoms with Gasteiger partial charge >= 0.3 is 0 Å². The Kier molecular flexibility index (Phi) is 5.44. The molecule has 0 aromatic heterocycles. The van der Waals surface area contributed by atoms with E-state index in [1.54, 1.807) is 0 Å². The van der Waals surface area contributed by atoms with E-state index in [1.165, 1.54) is 11.1 Å². The van der Waals surface area contributed by atoms with Crippen molar-refractivity contribution in [2.75, 3.05) is 19.7 Å². The number of aliphatic hydroxyl groups excluding tert-OH is 1. The third kappa shape index (κ3) is 3.53. The maximum atomic E-state index is 9.28. The highest BCUT2D eigenvalue weighted by molar-refractivity contribution is 5.40. The van der Waals surface area contributed by atoms with Gasteiger partial charge in [0.1, 0.15) is 11.9 Å². The molecule has 1 heterocycles. The van der Waals surface area contributed by atoms with Gasteiger partial charge in [0.15, 0.2) is 0 Å². The molecule has 112 valence electrons. The predicted octanol–water partition coefficient (Wildman–Crippen LogP) is 2.78. The Balaban J connectivity index is 1.99. The molecule has 1 aliphatic rings. The smallest absolute Gasteiger partial charge is 0.123 e. The topological polar surface area (TPSA) is 32.7 Å². The van der Waals surface area contributed by atoms with E-state index in [9.17, 15) is 5.11 Å². The summed E-state index contributed by atoms with van der Waals surface area (Å²) in [6.45, 7) is 8.41.